The number of ether oxygens (including phenoxy) is 1. The van der Waals surface area contributed by atoms with Gasteiger partial charge in [0.1, 0.15) is 0 Å². The molecule has 3 nitrogen and oxygen atoms in total. The summed E-state index contributed by atoms with van der Waals surface area (Å²) in [6.45, 7) is 5.85. The van der Waals surface area contributed by atoms with Crippen LogP contribution in [0.3, 0.4) is 0 Å². The van der Waals surface area contributed by atoms with Gasteiger partial charge in [-0.05, 0) is 44.1 Å². The molecule has 0 spiro atoms. The van der Waals surface area contributed by atoms with Gasteiger partial charge in [-0.25, -0.2) is 0 Å². The summed E-state index contributed by atoms with van der Waals surface area (Å²) in [4.78, 5) is 0. The number of hydrogen-bond acceptors (Lipinski definition) is 3. The molecule has 1 aliphatic carbocycles. The summed E-state index contributed by atoms with van der Waals surface area (Å²) in [5.74, 6) is 0. The van der Waals surface area contributed by atoms with Gasteiger partial charge >= 0.3 is 0 Å². The Morgan fingerprint density at radius 1 is 1.41 bits per heavy atom. The molecule has 17 heavy (non-hydrogen) atoms. The smallest absolute Gasteiger partial charge is 0.0724 e. The lowest BCUT2D eigenvalue weighted by Gasteiger charge is -2.31. The molecule has 1 aliphatic heterocycles. The maximum Gasteiger partial charge on any atom is 0.0724 e. The predicted octanol–water partition coefficient (Wildman–Crippen LogP) is 1.92. The molecule has 1 heterocycles. The molecular formula is C14H28N2O. The minimum Gasteiger partial charge on any atom is -0.380 e. The molecule has 2 N–H and O–H groups in total. The van der Waals surface area contributed by atoms with Crippen LogP contribution >= 0.6 is 0 Å². The summed E-state index contributed by atoms with van der Waals surface area (Å²) < 4.78 is 5.55. The zero-order valence-electron chi connectivity index (χ0n) is 11.4. The van der Waals surface area contributed by atoms with Gasteiger partial charge in [0.15, 0.2) is 0 Å². The van der Waals surface area contributed by atoms with Crippen LogP contribution in [0.25, 0.3) is 0 Å². The summed E-state index contributed by atoms with van der Waals surface area (Å²) in [5, 5.41) is 7.31. The third kappa shape index (κ3) is 3.21. The van der Waals surface area contributed by atoms with E-state index in [4.69, 9.17) is 4.74 Å². The zero-order valence-corrected chi connectivity index (χ0v) is 11.4. The van der Waals surface area contributed by atoms with Crippen LogP contribution in [0.5, 0.6) is 0 Å². The standard InChI is InChI=1S/C14H28N2O/c1-3-7-14(8-9-15-10-14)11-16-12-5-4-6-13(12)17-2/h12-13,15-16H,3-11H2,1-2H3. The van der Waals surface area contributed by atoms with Crippen LogP contribution in [0.15, 0.2) is 0 Å². The van der Waals surface area contributed by atoms with Gasteiger partial charge in [-0.1, -0.05) is 13.3 Å². The van der Waals surface area contributed by atoms with E-state index in [-0.39, 0.29) is 0 Å². The Balaban J connectivity index is 1.82. The van der Waals surface area contributed by atoms with Crippen molar-refractivity contribution in [2.75, 3.05) is 26.7 Å². The summed E-state index contributed by atoms with van der Waals surface area (Å²) in [6, 6.07) is 0.592. The van der Waals surface area contributed by atoms with E-state index in [1.165, 1.54) is 58.2 Å². The summed E-state index contributed by atoms with van der Waals surface area (Å²) in [7, 11) is 1.85. The van der Waals surface area contributed by atoms with Crippen molar-refractivity contribution in [1.29, 1.82) is 0 Å². The first kappa shape index (κ1) is 13.3. The molecule has 2 aliphatic rings. The third-order valence-electron chi connectivity index (χ3n) is 4.61. The van der Waals surface area contributed by atoms with Crippen molar-refractivity contribution >= 4 is 0 Å². The molecule has 3 unspecified atom stereocenters. The van der Waals surface area contributed by atoms with Crippen molar-refractivity contribution in [2.45, 2.75) is 57.6 Å². The molecule has 0 aromatic heterocycles. The van der Waals surface area contributed by atoms with Crippen molar-refractivity contribution in [1.82, 2.24) is 10.6 Å². The Labute approximate surface area is 106 Å². The minimum atomic E-state index is 0.447. The van der Waals surface area contributed by atoms with Gasteiger partial charge in [0.2, 0.25) is 0 Å². The first-order valence-electron chi connectivity index (χ1n) is 7.26. The SMILES string of the molecule is CCCC1(CNC2CCCC2OC)CCNC1. The Kier molecular flexibility index (Phi) is 4.83. The van der Waals surface area contributed by atoms with Gasteiger partial charge in [0.05, 0.1) is 6.10 Å². The molecule has 0 amide bonds. The number of rotatable bonds is 6. The van der Waals surface area contributed by atoms with Crippen LogP contribution in [0.4, 0.5) is 0 Å². The maximum absolute atomic E-state index is 5.55. The number of nitrogens with one attached hydrogen (secondary N) is 2. The lowest BCUT2D eigenvalue weighted by Crippen LogP contribution is -2.44. The highest BCUT2D eigenvalue weighted by Gasteiger charge is 2.35. The van der Waals surface area contributed by atoms with Crippen molar-refractivity contribution < 1.29 is 4.74 Å². The van der Waals surface area contributed by atoms with Gasteiger partial charge in [0, 0.05) is 26.2 Å². The summed E-state index contributed by atoms with van der Waals surface area (Å²) >= 11 is 0. The van der Waals surface area contributed by atoms with Gasteiger partial charge < -0.3 is 15.4 Å². The lowest BCUT2D eigenvalue weighted by molar-refractivity contribution is 0.0803. The van der Waals surface area contributed by atoms with Crippen molar-refractivity contribution in [3.05, 3.63) is 0 Å². The molecule has 100 valence electrons. The first-order valence-corrected chi connectivity index (χ1v) is 7.26. The van der Waals surface area contributed by atoms with Crippen LogP contribution in [0.1, 0.15) is 45.4 Å². The van der Waals surface area contributed by atoms with Crippen LogP contribution in [-0.4, -0.2) is 38.9 Å². The van der Waals surface area contributed by atoms with E-state index in [0.717, 1.165) is 0 Å². The largest absolute Gasteiger partial charge is 0.380 e. The molecule has 1 saturated heterocycles. The fraction of sp³-hybridized carbons (Fsp3) is 1.00. The monoisotopic (exact) mass is 240 g/mol. The lowest BCUT2D eigenvalue weighted by atomic mass is 9.82. The second-order valence-corrected chi connectivity index (χ2v) is 5.87. The normalized spacial score (nSPS) is 37.8. The van der Waals surface area contributed by atoms with Crippen molar-refractivity contribution in [3.63, 3.8) is 0 Å². The average Bonchev–Trinajstić information content (AvgIpc) is 2.95. The van der Waals surface area contributed by atoms with Crippen LogP contribution in [0, 0.1) is 5.41 Å². The van der Waals surface area contributed by atoms with E-state index in [9.17, 15) is 0 Å². The Morgan fingerprint density at radius 2 is 2.29 bits per heavy atom. The minimum absolute atomic E-state index is 0.447. The van der Waals surface area contributed by atoms with Gasteiger partial charge in [-0.15, -0.1) is 0 Å². The fourth-order valence-corrected chi connectivity index (χ4v) is 3.57. The number of methoxy groups -OCH3 is 1. The Morgan fingerprint density at radius 3 is 2.94 bits per heavy atom. The van der Waals surface area contributed by atoms with Crippen LogP contribution in [0.2, 0.25) is 0 Å². The van der Waals surface area contributed by atoms with E-state index in [1.807, 2.05) is 7.11 Å². The quantitative estimate of drug-likeness (QED) is 0.744. The summed E-state index contributed by atoms with van der Waals surface area (Å²) in [6.07, 6.45) is 8.25. The fourth-order valence-electron chi connectivity index (χ4n) is 3.57. The van der Waals surface area contributed by atoms with Crippen molar-refractivity contribution in [3.8, 4) is 0 Å². The molecule has 3 heteroatoms. The second kappa shape index (κ2) is 6.17. The molecule has 3 atom stereocenters. The highest BCUT2D eigenvalue weighted by molar-refractivity contribution is 4.92. The van der Waals surface area contributed by atoms with Crippen LogP contribution in [-0.2, 0) is 4.74 Å². The maximum atomic E-state index is 5.55. The van der Waals surface area contributed by atoms with Gasteiger partial charge in [-0.2, -0.15) is 0 Å². The molecule has 0 radical (unpaired) electrons. The molecular weight excluding hydrogens is 212 g/mol. The molecule has 0 aromatic carbocycles. The highest BCUT2D eigenvalue weighted by Crippen LogP contribution is 2.31. The van der Waals surface area contributed by atoms with Gasteiger partial charge in [-0.3, -0.25) is 0 Å². The average molecular weight is 240 g/mol. The van der Waals surface area contributed by atoms with E-state index < -0.39 is 0 Å². The van der Waals surface area contributed by atoms with E-state index in [0.29, 0.717) is 17.6 Å². The highest BCUT2D eigenvalue weighted by atomic mass is 16.5. The molecule has 0 bridgehead atoms. The van der Waals surface area contributed by atoms with E-state index >= 15 is 0 Å². The van der Waals surface area contributed by atoms with Crippen LogP contribution < -0.4 is 10.6 Å². The number of hydrogen-bond donors (Lipinski definition) is 2. The third-order valence-corrected chi connectivity index (χ3v) is 4.61. The molecule has 2 fully saturated rings. The topological polar surface area (TPSA) is 33.3 Å². The molecule has 1 saturated carbocycles. The first-order chi connectivity index (χ1) is 8.29. The van der Waals surface area contributed by atoms with Gasteiger partial charge in [0.25, 0.3) is 0 Å². The molecule has 0 aromatic rings. The Hall–Kier alpha value is -0.120. The molecule has 2 rings (SSSR count). The zero-order chi connectivity index (χ0) is 12.1. The van der Waals surface area contributed by atoms with Crippen molar-refractivity contribution in [2.24, 2.45) is 5.41 Å². The second-order valence-electron chi connectivity index (χ2n) is 5.87. The summed E-state index contributed by atoms with van der Waals surface area (Å²) in [5.41, 5.74) is 0.510. The Bertz CT molecular complexity index is 226. The predicted molar refractivity (Wildman–Crippen MR) is 71.3 cm³/mol. The van der Waals surface area contributed by atoms with E-state index in [1.54, 1.807) is 0 Å². The van der Waals surface area contributed by atoms with E-state index in [2.05, 4.69) is 17.6 Å².